The van der Waals surface area contributed by atoms with Crippen LogP contribution < -0.4 is 0 Å². The van der Waals surface area contributed by atoms with Crippen molar-refractivity contribution in [2.24, 2.45) is 10.9 Å². The largest absolute Gasteiger partial charge is 0.258 e. The fourth-order valence-corrected chi connectivity index (χ4v) is 1.62. The van der Waals surface area contributed by atoms with Crippen molar-refractivity contribution in [1.29, 1.82) is 0 Å². The molecule has 0 aliphatic heterocycles. The van der Waals surface area contributed by atoms with E-state index < -0.39 is 0 Å². The number of hydrogen-bond acceptors (Lipinski definition) is 1. The molecule has 0 saturated heterocycles. The Morgan fingerprint density at radius 1 is 1.23 bits per heavy atom. The Balaban J connectivity index is 2.10. The van der Waals surface area contributed by atoms with Crippen molar-refractivity contribution in [2.45, 2.75) is 26.2 Å². The lowest BCUT2D eigenvalue weighted by atomic mass is 9.82. The molecule has 1 aromatic carbocycles. The van der Waals surface area contributed by atoms with Crippen LogP contribution in [0.1, 0.15) is 26.2 Å². The van der Waals surface area contributed by atoms with Crippen molar-refractivity contribution < 1.29 is 0 Å². The Labute approximate surface area is 79.5 Å². The molecule has 1 aliphatic rings. The van der Waals surface area contributed by atoms with Gasteiger partial charge in [-0.1, -0.05) is 24.6 Å². The van der Waals surface area contributed by atoms with Gasteiger partial charge in [-0.25, -0.2) is 0 Å². The summed E-state index contributed by atoms with van der Waals surface area (Å²) < 4.78 is 0. The van der Waals surface area contributed by atoms with Crippen LogP contribution in [0, 0.1) is 5.92 Å². The SMILES string of the molecule is C/C(=N/c1ccccc1)C1CCC1. The van der Waals surface area contributed by atoms with Crippen LogP contribution in [-0.4, -0.2) is 5.71 Å². The summed E-state index contributed by atoms with van der Waals surface area (Å²) in [7, 11) is 0. The molecule has 1 heteroatoms. The van der Waals surface area contributed by atoms with Crippen molar-refractivity contribution in [2.75, 3.05) is 0 Å². The van der Waals surface area contributed by atoms with E-state index >= 15 is 0 Å². The highest BCUT2D eigenvalue weighted by Gasteiger charge is 2.19. The average Bonchev–Trinajstić information content (AvgIpc) is 2.02. The maximum absolute atomic E-state index is 4.60. The molecule has 0 aromatic heterocycles. The van der Waals surface area contributed by atoms with Gasteiger partial charge >= 0.3 is 0 Å². The summed E-state index contributed by atoms with van der Waals surface area (Å²) in [5.41, 5.74) is 2.39. The van der Waals surface area contributed by atoms with Gasteiger partial charge in [0.15, 0.2) is 0 Å². The second-order valence-corrected chi connectivity index (χ2v) is 3.72. The van der Waals surface area contributed by atoms with Gasteiger partial charge in [0.1, 0.15) is 0 Å². The first-order valence-electron chi connectivity index (χ1n) is 4.96. The minimum Gasteiger partial charge on any atom is -0.258 e. The van der Waals surface area contributed by atoms with Crippen LogP contribution in [0.5, 0.6) is 0 Å². The predicted molar refractivity (Wildman–Crippen MR) is 56.6 cm³/mol. The van der Waals surface area contributed by atoms with E-state index in [1.165, 1.54) is 25.0 Å². The third-order valence-corrected chi connectivity index (χ3v) is 2.76. The van der Waals surface area contributed by atoms with Crippen molar-refractivity contribution in [3.63, 3.8) is 0 Å². The second-order valence-electron chi connectivity index (χ2n) is 3.72. The third-order valence-electron chi connectivity index (χ3n) is 2.76. The van der Waals surface area contributed by atoms with Gasteiger partial charge in [0.2, 0.25) is 0 Å². The van der Waals surface area contributed by atoms with Gasteiger partial charge in [0, 0.05) is 5.71 Å². The first-order chi connectivity index (χ1) is 6.36. The summed E-state index contributed by atoms with van der Waals surface area (Å²) in [5, 5.41) is 0. The Hall–Kier alpha value is -1.11. The van der Waals surface area contributed by atoms with E-state index in [0.717, 1.165) is 11.6 Å². The van der Waals surface area contributed by atoms with E-state index in [9.17, 15) is 0 Å². The molecule has 1 nitrogen and oxygen atoms in total. The minimum atomic E-state index is 0.764. The van der Waals surface area contributed by atoms with E-state index in [-0.39, 0.29) is 0 Å². The van der Waals surface area contributed by atoms with Crippen LogP contribution in [0.2, 0.25) is 0 Å². The lowest BCUT2D eigenvalue weighted by molar-refractivity contribution is 0.412. The highest BCUT2D eigenvalue weighted by molar-refractivity contribution is 5.87. The summed E-state index contributed by atoms with van der Waals surface area (Å²) in [6.45, 7) is 2.15. The van der Waals surface area contributed by atoms with E-state index in [1.807, 2.05) is 18.2 Å². The van der Waals surface area contributed by atoms with Crippen LogP contribution in [0.15, 0.2) is 35.3 Å². The fraction of sp³-hybridized carbons (Fsp3) is 0.417. The summed E-state index contributed by atoms with van der Waals surface area (Å²) >= 11 is 0. The molecule has 1 aromatic rings. The van der Waals surface area contributed by atoms with Gasteiger partial charge in [-0.3, -0.25) is 4.99 Å². The van der Waals surface area contributed by atoms with E-state index in [0.29, 0.717) is 0 Å². The standard InChI is InChI=1S/C12H15N/c1-10(11-6-5-7-11)13-12-8-3-2-4-9-12/h2-4,8-9,11H,5-7H2,1H3/b13-10-. The molecule has 0 spiro atoms. The van der Waals surface area contributed by atoms with Crippen LogP contribution >= 0.6 is 0 Å². The maximum Gasteiger partial charge on any atom is 0.0629 e. The molecule has 2 rings (SSSR count). The normalized spacial score (nSPS) is 18.4. The average molecular weight is 173 g/mol. The molecule has 68 valence electrons. The molecule has 1 fully saturated rings. The number of para-hydroxylation sites is 1. The zero-order chi connectivity index (χ0) is 9.10. The van der Waals surface area contributed by atoms with Gasteiger partial charge in [-0.2, -0.15) is 0 Å². The van der Waals surface area contributed by atoms with Crippen LogP contribution in [0.4, 0.5) is 5.69 Å². The molecular formula is C12H15N. The highest BCUT2D eigenvalue weighted by Crippen LogP contribution is 2.28. The summed E-state index contributed by atoms with van der Waals surface area (Å²) in [5.74, 6) is 0.764. The summed E-state index contributed by atoms with van der Waals surface area (Å²) in [6.07, 6.45) is 4.05. The van der Waals surface area contributed by atoms with Gasteiger partial charge in [0.05, 0.1) is 5.69 Å². The second kappa shape index (κ2) is 3.73. The summed E-state index contributed by atoms with van der Waals surface area (Å²) in [6, 6.07) is 10.2. The molecule has 0 bridgehead atoms. The van der Waals surface area contributed by atoms with Crippen LogP contribution in [0.3, 0.4) is 0 Å². The predicted octanol–water partition coefficient (Wildman–Crippen LogP) is 3.58. The van der Waals surface area contributed by atoms with E-state index in [4.69, 9.17) is 0 Å². The molecule has 1 saturated carbocycles. The molecule has 0 radical (unpaired) electrons. The first kappa shape index (κ1) is 8.49. The molecule has 0 N–H and O–H groups in total. The summed E-state index contributed by atoms with van der Waals surface area (Å²) in [4.78, 5) is 4.60. The quantitative estimate of drug-likeness (QED) is 0.606. The monoisotopic (exact) mass is 173 g/mol. The molecule has 1 aliphatic carbocycles. The molecule has 0 amide bonds. The van der Waals surface area contributed by atoms with Crippen LogP contribution in [0.25, 0.3) is 0 Å². The third kappa shape index (κ3) is 1.97. The fourth-order valence-electron chi connectivity index (χ4n) is 1.62. The minimum absolute atomic E-state index is 0.764. The molecule has 0 unspecified atom stereocenters. The van der Waals surface area contributed by atoms with Gasteiger partial charge in [0.25, 0.3) is 0 Å². The topological polar surface area (TPSA) is 12.4 Å². The molecule has 13 heavy (non-hydrogen) atoms. The van der Waals surface area contributed by atoms with Crippen LogP contribution in [-0.2, 0) is 0 Å². The van der Waals surface area contributed by atoms with Gasteiger partial charge in [-0.05, 0) is 37.8 Å². The van der Waals surface area contributed by atoms with Crippen molar-refractivity contribution in [1.82, 2.24) is 0 Å². The number of rotatable bonds is 2. The lowest BCUT2D eigenvalue weighted by Gasteiger charge is -2.25. The number of hydrogen-bond donors (Lipinski definition) is 0. The van der Waals surface area contributed by atoms with Crippen molar-refractivity contribution >= 4 is 11.4 Å². The van der Waals surface area contributed by atoms with E-state index in [1.54, 1.807) is 0 Å². The van der Waals surface area contributed by atoms with E-state index in [2.05, 4.69) is 24.0 Å². The Morgan fingerprint density at radius 2 is 1.92 bits per heavy atom. The Morgan fingerprint density at radius 3 is 2.46 bits per heavy atom. The zero-order valence-corrected chi connectivity index (χ0v) is 8.03. The Bertz CT molecular complexity index is 296. The number of aliphatic imine (C=N–C) groups is 1. The molecular weight excluding hydrogens is 158 g/mol. The van der Waals surface area contributed by atoms with Gasteiger partial charge < -0.3 is 0 Å². The van der Waals surface area contributed by atoms with Crippen molar-refractivity contribution in [3.8, 4) is 0 Å². The maximum atomic E-state index is 4.60. The molecule has 0 heterocycles. The van der Waals surface area contributed by atoms with Crippen molar-refractivity contribution in [3.05, 3.63) is 30.3 Å². The Kier molecular flexibility index (Phi) is 2.44. The highest BCUT2D eigenvalue weighted by atomic mass is 14.7. The number of benzene rings is 1. The first-order valence-corrected chi connectivity index (χ1v) is 4.96. The number of nitrogens with zero attached hydrogens (tertiary/aromatic N) is 1. The van der Waals surface area contributed by atoms with Gasteiger partial charge in [-0.15, -0.1) is 0 Å². The lowest BCUT2D eigenvalue weighted by Crippen LogP contribution is -2.18. The smallest absolute Gasteiger partial charge is 0.0629 e. The zero-order valence-electron chi connectivity index (χ0n) is 8.03. The molecule has 0 atom stereocenters.